The summed E-state index contributed by atoms with van der Waals surface area (Å²) >= 11 is 0. The summed E-state index contributed by atoms with van der Waals surface area (Å²) in [6.07, 6.45) is 2.62. The molecule has 23 heavy (non-hydrogen) atoms. The number of amides is 1. The zero-order valence-corrected chi connectivity index (χ0v) is 14.8. The molecule has 2 rings (SSSR count). The summed E-state index contributed by atoms with van der Waals surface area (Å²) in [6, 6.07) is 2.18. The monoisotopic (exact) mass is 320 g/mol. The van der Waals surface area contributed by atoms with Crippen molar-refractivity contribution in [3.05, 3.63) is 17.6 Å². The van der Waals surface area contributed by atoms with Crippen molar-refractivity contribution >= 4 is 11.9 Å². The number of rotatable bonds is 3. The van der Waals surface area contributed by atoms with Gasteiger partial charge in [-0.3, -0.25) is 0 Å². The third kappa shape index (κ3) is 5.37. The van der Waals surface area contributed by atoms with Gasteiger partial charge in [0.15, 0.2) is 0 Å². The molecule has 1 aliphatic heterocycles. The van der Waals surface area contributed by atoms with E-state index in [0.29, 0.717) is 6.54 Å². The van der Waals surface area contributed by atoms with Gasteiger partial charge in [-0.05, 0) is 47.0 Å². The number of carbonyl (C=O) groups is 1. The van der Waals surface area contributed by atoms with E-state index in [9.17, 15) is 4.79 Å². The average Bonchev–Trinajstić information content (AvgIpc) is 2.45. The molecule has 1 amide bonds. The zero-order valence-electron chi connectivity index (χ0n) is 14.8. The number of hydrogen-bond acceptors (Lipinski definition) is 5. The first-order valence-corrected chi connectivity index (χ1v) is 8.36. The van der Waals surface area contributed by atoms with E-state index >= 15 is 0 Å². The van der Waals surface area contributed by atoms with Crippen LogP contribution in [0.1, 0.15) is 52.1 Å². The van der Waals surface area contributed by atoms with Crippen LogP contribution in [0, 0.1) is 6.92 Å². The number of aryl methyl sites for hydroxylation is 2. The molecule has 1 fully saturated rings. The van der Waals surface area contributed by atoms with Crippen LogP contribution in [-0.4, -0.2) is 45.7 Å². The molecule has 6 heteroatoms. The van der Waals surface area contributed by atoms with E-state index in [1.54, 1.807) is 4.90 Å². The second-order valence-corrected chi connectivity index (χ2v) is 7.06. The van der Waals surface area contributed by atoms with Crippen LogP contribution in [0.3, 0.4) is 0 Å². The van der Waals surface area contributed by atoms with Gasteiger partial charge in [0.1, 0.15) is 17.2 Å². The van der Waals surface area contributed by atoms with Gasteiger partial charge in [-0.2, -0.15) is 0 Å². The third-order valence-electron chi connectivity index (χ3n) is 3.68. The van der Waals surface area contributed by atoms with Crippen LogP contribution < -0.4 is 5.32 Å². The molecule has 1 aliphatic rings. The number of aromatic nitrogens is 2. The summed E-state index contributed by atoms with van der Waals surface area (Å²) in [5.74, 6) is 1.61. The SMILES string of the molecule is CCc1cc(NC2CCCN(C(=O)OC(C)(C)C)C2)nc(C)n1. The Morgan fingerprint density at radius 3 is 2.83 bits per heavy atom. The van der Waals surface area contributed by atoms with E-state index in [1.807, 2.05) is 33.8 Å². The van der Waals surface area contributed by atoms with Crippen molar-refractivity contribution < 1.29 is 9.53 Å². The standard InChI is InChI=1S/C17H28N4O2/c1-6-13-10-15(19-12(2)18-13)20-14-8-7-9-21(11-14)16(22)23-17(3,4)5/h10,14H,6-9,11H2,1-5H3,(H,18,19,20). The second-order valence-electron chi connectivity index (χ2n) is 7.06. The molecule has 0 saturated carbocycles. The van der Waals surface area contributed by atoms with E-state index in [4.69, 9.17) is 4.74 Å². The van der Waals surface area contributed by atoms with Crippen LogP contribution in [0.2, 0.25) is 0 Å². The van der Waals surface area contributed by atoms with Crippen molar-refractivity contribution in [1.29, 1.82) is 0 Å². The minimum Gasteiger partial charge on any atom is -0.444 e. The first-order chi connectivity index (χ1) is 10.8. The molecule has 1 unspecified atom stereocenters. The van der Waals surface area contributed by atoms with E-state index in [-0.39, 0.29) is 12.1 Å². The fourth-order valence-electron chi connectivity index (χ4n) is 2.68. The molecule has 1 aromatic rings. The number of carbonyl (C=O) groups excluding carboxylic acids is 1. The Labute approximate surface area is 138 Å². The highest BCUT2D eigenvalue weighted by atomic mass is 16.6. The van der Waals surface area contributed by atoms with Gasteiger partial charge >= 0.3 is 6.09 Å². The molecule has 0 aliphatic carbocycles. The molecule has 1 saturated heterocycles. The average molecular weight is 320 g/mol. The molecule has 0 radical (unpaired) electrons. The van der Waals surface area contributed by atoms with Crippen LogP contribution in [0.15, 0.2) is 6.07 Å². The number of likely N-dealkylation sites (tertiary alicyclic amines) is 1. The summed E-state index contributed by atoms with van der Waals surface area (Å²) in [7, 11) is 0. The minimum absolute atomic E-state index is 0.190. The van der Waals surface area contributed by atoms with Crippen LogP contribution in [0.4, 0.5) is 10.6 Å². The largest absolute Gasteiger partial charge is 0.444 e. The summed E-state index contributed by atoms with van der Waals surface area (Å²) in [5.41, 5.74) is 0.567. The molecule has 2 heterocycles. The Kier molecular flexibility index (Phi) is 5.44. The lowest BCUT2D eigenvalue weighted by atomic mass is 10.1. The normalized spacial score (nSPS) is 18.7. The number of anilines is 1. The van der Waals surface area contributed by atoms with Crippen molar-refractivity contribution in [2.45, 2.75) is 65.5 Å². The Bertz CT molecular complexity index is 554. The number of piperidine rings is 1. The first kappa shape index (κ1) is 17.5. The predicted molar refractivity (Wildman–Crippen MR) is 90.6 cm³/mol. The van der Waals surface area contributed by atoms with E-state index in [2.05, 4.69) is 22.2 Å². The molecular weight excluding hydrogens is 292 g/mol. The van der Waals surface area contributed by atoms with Crippen molar-refractivity contribution in [2.24, 2.45) is 0 Å². The van der Waals surface area contributed by atoms with Gasteiger partial charge in [0.25, 0.3) is 0 Å². The fourth-order valence-corrected chi connectivity index (χ4v) is 2.68. The van der Waals surface area contributed by atoms with E-state index in [0.717, 1.165) is 43.1 Å². The fraction of sp³-hybridized carbons (Fsp3) is 0.706. The lowest BCUT2D eigenvalue weighted by Gasteiger charge is -2.34. The highest BCUT2D eigenvalue weighted by Gasteiger charge is 2.27. The maximum Gasteiger partial charge on any atom is 0.410 e. The lowest BCUT2D eigenvalue weighted by molar-refractivity contribution is 0.0206. The van der Waals surface area contributed by atoms with Gasteiger partial charge in [-0.15, -0.1) is 0 Å². The van der Waals surface area contributed by atoms with Gasteiger partial charge < -0.3 is 15.0 Å². The molecular formula is C17H28N4O2. The first-order valence-electron chi connectivity index (χ1n) is 8.36. The predicted octanol–water partition coefficient (Wildman–Crippen LogP) is 3.16. The van der Waals surface area contributed by atoms with Crippen molar-refractivity contribution in [1.82, 2.24) is 14.9 Å². The van der Waals surface area contributed by atoms with Crippen LogP contribution >= 0.6 is 0 Å². The van der Waals surface area contributed by atoms with Crippen molar-refractivity contribution in [3.63, 3.8) is 0 Å². The number of nitrogens with one attached hydrogen (secondary N) is 1. The zero-order chi connectivity index (χ0) is 17.0. The maximum atomic E-state index is 12.2. The van der Waals surface area contributed by atoms with Gasteiger partial charge in [0.05, 0.1) is 0 Å². The van der Waals surface area contributed by atoms with Crippen LogP contribution in [-0.2, 0) is 11.2 Å². The van der Waals surface area contributed by atoms with Crippen molar-refractivity contribution in [2.75, 3.05) is 18.4 Å². The summed E-state index contributed by atoms with van der Waals surface area (Å²) in [4.78, 5) is 22.8. The molecule has 0 bridgehead atoms. The topological polar surface area (TPSA) is 67.4 Å². The smallest absolute Gasteiger partial charge is 0.410 e. The van der Waals surface area contributed by atoms with Gasteiger partial charge in [0, 0.05) is 30.9 Å². The Morgan fingerprint density at radius 2 is 2.17 bits per heavy atom. The number of ether oxygens (including phenoxy) is 1. The van der Waals surface area contributed by atoms with Crippen LogP contribution in [0.25, 0.3) is 0 Å². The Balaban J connectivity index is 1.99. The molecule has 0 spiro atoms. The molecule has 6 nitrogen and oxygen atoms in total. The summed E-state index contributed by atoms with van der Waals surface area (Å²) in [5, 5.41) is 3.44. The van der Waals surface area contributed by atoms with Crippen molar-refractivity contribution in [3.8, 4) is 0 Å². The Morgan fingerprint density at radius 1 is 1.43 bits per heavy atom. The lowest BCUT2D eigenvalue weighted by Crippen LogP contribution is -2.47. The van der Waals surface area contributed by atoms with E-state index in [1.165, 1.54) is 0 Å². The molecule has 1 aromatic heterocycles. The molecule has 128 valence electrons. The second kappa shape index (κ2) is 7.15. The quantitative estimate of drug-likeness (QED) is 0.926. The molecule has 0 aromatic carbocycles. The van der Waals surface area contributed by atoms with E-state index < -0.39 is 5.60 Å². The van der Waals surface area contributed by atoms with Gasteiger partial charge in [-0.1, -0.05) is 6.92 Å². The summed E-state index contributed by atoms with van der Waals surface area (Å²) < 4.78 is 5.46. The number of nitrogens with zero attached hydrogens (tertiary/aromatic N) is 3. The van der Waals surface area contributed by atoms with Gasteiger partial charge in [0.2, 0.25) is 0 Å². The highest BCUT2D eigenvalue weighted by molar-refractivity contribution is 5.68. The molecule has 1 atom stereocenters. The number of hydrogen-bond donors (Lipinski definition) is 1. The summed E-state index contributed by atoms with van der Waals surface area (Å²) in [6.45, 7) is 11.0. The van der Waals surface area contributed by atoms with Gasteiger partial charge in [-0.25, -0.2) is 14.8 Å². The highest BCUT2D eigenvalue weighted by Crippen LogP contribution is 2.18. The Hall–Kier alpha value is -1.85. The van der Waals surface area contributed by atoms with Crippen LogP contribution in [0.5, 0.6) is 0 Å². The minimum atomic E-state index is -0.461. The molecule has 1 N–H and O–H groups in total. The third-order valence-corrected chi connectivity index (χ3v) is 3.68. The maximum absolute atomic E-state index is 12.2.